The average Bonchev–Trinajstić information content (AvgIpc) is 2.69. The minimum atomic E-state index is -0.657. The molecule has 1 aromatic heterocycles. The summed E-state index contributed by atoms with van der Waals surface area (Å²) in [7, 11) is 0. The quantitative estimate of drug-likeness (QED) is 0.640. The van der Waals surface area contributed by atoms with Gasteiger partial charge in [-0.25, -0.2) is 9.78 Å². The lowest BCUT2D eigenvalue weighted by Gasteiger charge is -2.41. The van der Waals surface area contributed by atoms with E-state index in [0.29, 0.717) is 17.5 Å². The van der Waals surface area contributed by atoms with Crippen LogP contribution in [0, 0.1) is 11.3 Å². The molecule has 0 aliphatic heterocycles. The summed E-state index contributed by atoms with van der Waals surface area (Å²) < 4.78 is 6.09. The number of benzene rings is 1. The number of halogens is 1. The van der Waals surface area contributed by atoms with Gasteiger partial charge in [0.05, 0.1) is 22.5 Å². The van der Waals surface area contributed by atoms with Gasteiger partial charge in [-0.15, -0.1) is 0 Å². The number of hydrogen-bond donors (Lipinski definition) is 2. The highest BCUT2D eigenvalue weighted by Crippen LogP contribution is 2.42. The van der Waals surface area contributed by atoms with Gasteiger partial charge in [-0.2, -0.15) is 0 Å². The first-order valence-corrected chi connectivity index (χ1v) is 10.6. The van der Waals surface area contributed by atoms with Crippen LogP contribution in [0.3, 0.4) is 0 Å². The van der Waals surface area contributed by atoms with Gasteiger partial charge in [0.15, 0.2) is 0 Å². The van der Waals surface area contributed by atoms with Gasteiger partial charge in [0, 0.05) is 6.07 Å². The summed E-state index contributed by atoms with van der Waals surface area (Å²) >= 11 is 5.98. The van der Waals surface area contributed by atoms with Gasteiger partial charge in [0.25, 0.3) is 5.91 Å². The second-order valence-electron chi connectivity index (χ2n) is 8.42. The van der Waals surface area contributed by atoms with Crippen LogP contribution in [0.5, 0.6) is 5.88 Å². The molecule has 0 radical (unpaired) electrons. The molecule has 1 aliphatic carbocycles. The fraction of sp³-hybridized carbons (Fsp3) is 0.435. The molecule has 160 valence electrons. The lowest BCUT2D eigenvalue weighted by atomic mass is 9.67. The third kappa shape index (κ3) is 5.51. The topological polar surface area (TPSA) is 80.3 Å². The monoisotopic (exact) mass is 429 g/mol. The van der Waals surface area contributed by atoms with Crippen molar-refractivity contribution in [3.05, 3.63) is 53.2 Å². The number of rotatable bonds is 5. The van der Waals surface area contributed by atoms with E-state index in [1.54, 1.807) is 36.4 Å². The number of nitrogens with zero attached hydrogens (tertiary/aromatic N) is 1. The second kappa shape index (κ2) is 9.47. The molecule has 0 spiro atoms. The molecule has 0 bridgehead atoms. The Bertz CT molecular complexity index is 901. The van der Waals surface area contributed by atoms with Gasteiger partial charge in [-0.3, -0.25) is 10.1 Å². The van der Waals surface area contributed by atoms with E-state index in [4.69, 9.17) is 16.3 Å². The Morgan fingerprint density at radius 3 is 2.67 bits per heavy atom. The molecular formula is C23H28ClN3O3. The Balaban J connectivity index is 1.54. The molecule has 3 rings (SSSR count). The Hall–Kier alpha value is -2.60. The summed E-state index contributed by atoms with van der Waals surface area (Å²) in [5.74, 6) is 0.568. The summed E-state index contributed by atoms with van der Waals surface area (Å²) in [6, 6.07) is 9.30. The fourth-order valence-electron chi connectivity index (χ4n) is 3.76. The fourth-order valence-corrected chi connectivity index (χ4v) is 3.98. The van der Waals surface area contributed by atoms with Crippen molar-refractivity contribution in [1.29, 1.82) is 0 Å². The van der Waals surface area contributed by atoms with Crippen molar-refractivity contribution in [2.45, 2.75) is 52.6 Å². The highest BCUT2D eigenvalue weighted by atomic mass is 35.5. The van der Waals surface area contributed by atoms with Gasteiger partial charge in [0.2, 0.25) is 5.88 Å². The number of aromatic nitrogens is 1. The first-order chi connectivity index (χ1) is 14.3. The third-order valence-electron chi connectivity index (χ3n) is 5.99. The maximum atomic E-state index is 12.1. The van der Waals surface area contributed by atoms with Crippen molar-refractivity contribution >= 4 is 29.2 Å². The molecule has 2 aromatic rings. The van der Waals surface area contributed by atoms with Gasteiger partial charge in [-0.05, 0) is 55.2 Å². The minimum Gasteiger partial charge on any atom is -0.474 e. The average molecular weight is 430 g/mol. The van der Waals surface area contributed by atoms with Gasteiger partial charge >= 0.3 is 6.03 Å². The molecule has 2 atom stereocenters. The van der Waals surface area contributed by atoms with Crippen molar-refractivity contribution in [3.8, 4) is 5.88 Å². The minimum absolute atomic E-state index is 0.147. The first kappa shape index (κ1) is 22.1. The number of imide groups is 1. The maximum Gasteiger partial charge on any atom is 0.326 e. The van der Waals surface area contributed by atoms with Crippen LogP contribution in [0.4, 0.5) is 10.5 Å². The molecule has 1 saturated carbocycles. The maximum absolute atomic E-state index is 12.1. The van der Waals surface area contributed by atoms with Crippen molar-refractivity contribution in [1.82, 2.24) is 10.3 Å². The molecule has 1 aliphatic rings. The Kier molecular flexibility index (Phi) is 6.98. The highest BCUT2D eigenvalue weighted by Gasteiger charge is 2.35. The van der Waals surface area contributed by atoms with E-state index in [-0.39, 0.29) is 22.1 Å². The SMILES string of the molecule is CC(C)C1(C)CCCC(Oc2ccc(NC(=O)NC(=O)c3ccccc3Cl)cn2)C1. The number of amides is 3. The summed E-state index contributed by atoms with van der Waals surface area (Å²) in [4.78, 5) is 28.5. The molecule has 6 nitrogen and oxygen atoms in total. The zero-order valence-corrected chi connectivity index (χ0v) is 18.3. The zero-order valence-electron chi connectivity index (χ0n) is 17.6. The lowest BCUT2D eigenvalue weighted by Crippen LogP contribution is -2.36. The number of carbonyl (C=O) groups excluding carboxylic acids is 2. The van der Waals surface area contributed by atoms with Crippen LogP contribution in [0.25, 0.3) is 0 Å². The smallest absolute Gasteiger partial charge is 0.326 e. The zero-order chi connectivity index (χ0) is 21.7. The Labute approximate surface area is 182 Å². The molecule has 3 amide bonds. The van der Waals surface area contributed by atoms with Gasteiger partial charge < -0.3 is 10.1 Å². The summed E-state index contributed by atoms with van der Waals surface area (Å²) in [6.45, 7) is 6.86. The molecule has 0 saturated heterocycles. The molecule has 2 N–H and O–H groups in total. The second-order valence-corrected chi connectivity index (χ2v) is 8.83. The molecule has 2 unspecified atom stereocenters. The first-order valence-electron chi connectivity index (χ1n) is 10.3. The van der Waals surface area contributed by atoms with Crippen LogP contribution in [0.1, 0.15) is 56.8 Å². The van der Waals surface area contributed by atoms with Crippen LogP contribution in [0.15, 0.2) is 42.6 Å². The van der Waals surface area contributed by atoms with Crippen LogP contribution >= 0.6 is 11.6 Å². The Morgan fingerprint density at radius 2 is 2.00 bits per heavy atom. The normalized spacial score (nSPS) is 21.2. The van der Waals surface area contributed by atoms with Crippen molar-refractivity contribution in [3.63, 3.8) is 0 Å². The van der Waals surface area contributed by atoms with Gasteiger partial charge in [-0.1, -0.05) is 44.5 Å². The number of pyridine rings is 1. The number of urea groups is 1. The highest BCUT2D eigenvalue weighted by molar-refractivity contribution is 6.34. The van der Waals surface area contributed by atoms with Crippen molar-refractivity contribution in [2.75, 3.05) is 5.32 Å². The number of carbonyl (C=O) groups is 2. The number of nitrogens with one attached hydrogen (secondary N) is 2. The van der Waals surface area contributed by atoms with Crippen molar-refractivity contribution < 1.29 is 14.3 Å². The van der Waals surface area contributed by atoms with E-state index in [0.717, 1.165) is 19.3 Å². The van der Waals surface area contributed by atoms with E-state index in [1.807, 2.05) is 0 Å². The lowest BCUT2D eigenvalue weighted by molar-refractivity contribution is 0.0418. The molecule has 7 heteroatoms. The predicted octanol–water partition coefficient (Wildman–Crippen LogP) is 5.68. The summed E-state index contributed by atoms with van der Waals surface area (Å²) in [5.41, 5.74) is 0.982. The number of anilines is 1. The van der Waals surface area contributed by atoms with Crippen molar-refractivity contribution in [2.24, 2.45) is 11.3 Å². The largest absolute Gasteiger partial charge is 0.474 e. The Morgan fingerprint density at radius 1 is 1.23 bits per heavy atom. The molecule has 1 aromatic carbocycles. The molecule has 1 heterocycles. The molecule has 1 fully saturated rings. The van der Waals surface area contributed by atoms with Gasteiger partial charge in [0.1, 0.15) is 6.10 Å². The predicted molar refractivity (Wildman–Crippen MR) is 118 cm³/mol. The van der Waals surface area contributed by atoms with Crippen LogP contribution in [-0.4, -0.2) is 23.0 Å². The van der Waals surface area contributed by atoms with E-state index in [1.165, 1.54) is 12.6 Å². The van der Waals surface area contributed by atoms with Crippen LogP contribution in [0.2, 0.25) is 5.02 Å². The van der Waals surface area contributed by atoms with E-state index < -0.39 is 11.9 Å². The molecular weight excluding hydrogens is 402 g/mol. The summed E-state index contributed by atoms with van der Waals surface area (Å²) in [5, 5.41) is 5.12. The molecule has 30 heavy (non-hydrogen) atoms. The van der Waals surface area contributed by atoms with Crippen LogP contribution < -0.4 is 15.4 Å². The van der Waals surface area contributed by atoms with Crippen LogP contribution in [-0.2, 0) is 0 Å². The van der Waals surface area contributed by atoms with E-state index in [9.17, 15) is 9.59 Å². The summed E-state index contributed by atoms with van der Waals surface area (Å²) in [6.07, 6.45) is 6.07. The number of ether oxygens (including phenoxy) is 1. The van der Waals surface area contributed by atoms with E-state index in [2.05, 4.69) is 36.4 Å². The van der Waals surface area contributed by atoms with E-state index >= 15 is 0 Å². The number of hydrogen-bond acceptors (Lipinski definition) is 4. The third-order valence-corrected chi connectivity index (χ3v) is 6.32. The standard InChI is InChI=1S/C23H28ClN3O3/c1-15(2)23(3)12-6-7-17(13-23)30-20-11-10-16(14-25-20)26-22(29)27-21(28)18-8-4-5-9-19(18)24/h4-5,8-11,14-15,17H,6-7,12-13H2,1-3H3,(H2,26,27,28,29).